The van der Waals surface area contributed by atoms with Crippen LogP contribution in [0.3, 0.4) is 0 Å². The molecule has 7 heteroatoms. The summed E-state index contributed by atoms with van der Waals surface area (Å²) in [5, 5.41) is 0.141. The fraction of sp³-hybridized carbons (Fsp3) is 0.429. The smallest absolute Gasteiger partial charge is 0.264 e. The minimum absolute atomic E-state index is 0.0617. The molecule has 0 aliphatic rings. The molecule has 0 aliphatic carbocycles. The van der Waals surface area contributed by atoms with Crippen molar-refractivity contribution in [1.82, 2.24) is 9.97 Å². The van der Waals surface area contributed by atoms with Crippen LogP contribution in [0.2, 0.25) is 5.28 Å². The average molecular weight is 237 g/mol. The molecule has 0 saturated heterocycles. The van der Waals surface area contributed by atoms with E-state index in [-0.39, 0.29) is 11.9 Å². The van der Waals surface area contributed by atoms with Crippen molar-refractivity contribution in [2.75, 3.05) is 12.9 Å². The van der Waals surface area contributed by atoms with Crippen molar-refractivity contribution >= 4 is 21.7 Å². The summed E-state index contributed by atoms with van der Waals surface area (Å²) in [4.78, 5) is 7.56. The molecule has 5 nitrogen and oxygen atoms in total. The maximum absolute atomic E-state index is 10.6. The molecule has 1 heterocycles. The monoisotopic (exact) mass is 236 g/mol. The van der Waals surface area contributed by atoms with Gasteiger partial charge in [-0.25, -0.2) is 9.97 Å². The molecule has 0 fully saturated rings. The highest BCUT2D eigenvalue weighted by molar-refractivity contribution is 7.85. The van der Waals surface area contributed by atoms with Gasteiger partial charge in [-0.1, -0.05) is 0 Å². The molecule has 0 bridgehead atoms. The van der Waals surface area contributed by atoms with Crippen LogP contribution in [-0.4, -0.2) is 31.2 Å². The summed E-state index contributed by atoms with van der Waals surface area (Å²) >= 11 is 5.53. The number of rotatable bonds is 4. The van der Waals surface area contributed by atoms with Crippen LogP contribution in [0.1, 0.15) is 5.69 Å². The van der Waals surface area contributed by atoms with Crippen LogP contribution >= 0.6 is 11.6 Å². The van der Waals surface area contributed by atoms with E-state index in [2.05, 4.69) is 14.2 Å². The van der Waals surface area contributed by atoms with Crippen LogP contribution < -0.4 is 0 Å². The van der Waals surface area contributed by atoms with E-state index in [0.29, 0.717) is 12.1 Å². The number of hydrogen-bond acceptors (Lipinski definition) is 5. The Morgan fingerprint density at radius 1 is 1.57 bits per heavy atom. The van der Waals surface area contributed by atoms with Gasteiger partial charge in [-0.3, -0.25) is 4.18 Å². The SMILES string of the molecule is CS(=O)(=O)OCCc1ccnc(Cl)n1. The second-order valence-electron chi connectivity index (χ2n) is 2.59. The van der Waals surface area contributed by atoms with Crippen LogP contribution in [0.15, 0.2) is 12.3 Å². The third kappa shape index (κ3) is 4.50. The molecule has 1 aromatic rings. The van der Waals surface area contributed by atoms with Crippen molar-refractivity contribution in [2.24, 2.45) is 0 Å². The van der Waals surface area contributed by atoms with Crippen molar-refractivity contribution in [3.8, 4) is 0 Å². The van der Waals surface area contributed by atoms with Gasteiger partial charge in [0.15, 0.2) is 0 Å². The summed E-state index contributed by atoms with van der Waals surface area (Å²) in [6.07, 6.45) is 2.89. The largest absolute Gasteiger partial charge is 0.270 e. The molecule has 0 saturated carbocycles. The van der Waals surface area contributed by atoms with Gasteiger partial charge in [0.1, 0.15) is 0 Å². The van der Waals surface area contributed by atoms with Gasteiger partial charge >= 0.3 is 0 Å². The third-order valence-corrected chi connectivity index (χ3v) is 2.12. The number of hydrogen-bond donors (Lipinski definition) is 0. The van der Waals surface area contributed by atoms with Crippen LogP contribution in [0, 0.1) is 0 Å². The summed E-state index contributed by atoms with van der Waals surface area (Å²) in [6.45, 7) is 0.0617. The number of nitrogens with zero attached hydrogens (tertiary/aromatic N) is 2. The molecule has 0 radical (unpaired) electrons. The van der Waals surface area contributed by atoms with E-state index >= 15 is 0 Å². The lowest BCUT2D eigenvalue weighted by Gasteiger charge is -2.00. The van der Waals surface area contributed by atoms with Gasteiger partial charge in [-0.05, 0) is 17.7 Å². The van der Waals surface area contributed by atoms with Crippen molar-refractivity contribution < 1.29 is 12.6 Å². The zero-order valence-electron chi connectivity index (χ0n) is 7.47. The fourth-order valence-corrected chi connectivity index (χ4v) is 1.36. The van der Waals surface area contributed by atoms with Crippen molar-refractivity contribution in [1.29, 1.82) is 0 Å². The van der Waals surface area contributed by atoms with Gasteiger partial charge in [0, 0.05) is 18.3 Å². The predicted octanol–water partition coefficient (Wildman–Crippen LogP) is 0.649. The Morgan fingerprint density at radius 3 is 2.86 bits per heavy atom. The molecule has 1 aromatic heterocycles. The van der Waals surface area contributed by atoms with Crippen molar-refractivity contribution in [3.05, 3.63) is 23.2 Å². The molecule has 0 amide bonds. The normalized spacial score (nSPS) is 11.6. The molecule has 78 valence electrons. The molecular formula is C7H9ClN2O3S. The molecule has 1 rings (SSSR count). The molecular weight excluding hydrogens is 228 g/mol. The molecule has 0 atom stereocenters. The zero-order chi connectivity index (χ0) is 10.6. The highest BCUT2D eigenvalue weighted by atomic mass is 35.5. The second-order valence-corrected chi connectivity index (χ2v) is 4.58. The Hall–Kier alpha value is -0.720. The van der Waals surface area contributed by atoms with Crippen LogP contribution in [-0.2, 0) is 20.7 Å². The van der Waals surface area contributed by atoms with E-state index < -0.39 is 10.1 Å². The highest BCUT2D eigenvalue weighted by Crippen LogP contribution is 2.02. The topological polar surface area (TPSA) is 69.2 Å². The fourth-order valence-electron chi connectivity index (χ4n) is 0.806. The molecule has 0 spiro atoms. The van der Waals surface area contributed by atoms with Gasteiger partial charge in [-0.2, -0.15) is 8.42 Å². The minimum atomic E-state index is -3.38. The quantitative estimate of drug-likeness (QED) is 0.567. The predicted molar refractivity (Wildman–Crippen MR) is 51.5 cm³/mol. The van der Waals surface area contributed by atoms with Crippen LogP contribution in [0.25, 0.3) is 0 Å². The average Bonchev–Trinajstić information content (AvgIpc) is 2.01. The lowest BCUT2D eigenvalue weighted by Crippen LogP contribution is -2.07. The van der Waals surface area contributed by atoms with Crippen LogP contribution in [0.5, 0.6) is 0 Å². The first-order valence-corrected chi connectivity index (χ1v) is 5.98. The first-order chi connectivity index (χ1) is 6.47. The first-order valence-electron chi connectivity index (χ1n) is 3.79. The number of aromatic nitrogens is 2. The summed E-state index contributed by atoms with van der Waals surface area (Å²) < 4.78 is 25.8. The highest BCUT2D eigenvalue weighted by Gasteiger charge is 2.02. The zero-order valence-corrected chi connectivity index (χ0v) is 9.05. The van der Waals surface area contributed by atoms with Crippen molar-refractivity contribution in [2.45, 2.75) is 6.42 Å². The molecule has 14 heavy (non-hydrogen) atoms. The van der Waals surface area contributed by atoms with E-state index in [1.165, 1.54) is 6.20 Å². The van der Waals surface area contributed by atoms with E-state index in [1.54, 1.807) is 6.07 Å². The van der Waals surface area contributed by atoms with Crippen molar-refractivity contribution in [3.63, 3.8) is 0 Å². The van der Waals surface area contributed by atoms with E-state index in [9.17, 15) is 8.42 Å². The summed E-state index contributed by atoms with van der Waals surface area (Å²) in [6, 6.07) is 1.65. The van der Waals surface area contributed by atoms with Gasteiger partial charge in [-0.15, -0.1) is 0 Å². The Kier molecular flexibility index (Phi) is 3.79. The molecule has 0 aliphatic heterocycles. The van der Waals surface area contributed by atoms with E-state index in [1.807, 2.05) is 0 Å². The molecule has 0 unspecified atom stereocenters. The summed E-state index contributed by atoms with van der Waals surface area (Å²) in [5.41, 5.74) is 0.647. The Morgan fingerprint density at radius 2 is 2.29 bits per heavy atom. The second kappa shape index (κ2) is 4.68. The van der Waals surface area contributed by atoms with E-state index in [0.717, 1.165) is 6.26 Å². The van der Waals surface area contributed by atoms with Crippen LogP contribution in [0.4, 0.5) is 0 Å². The summed E-state index contributed by atoms with van der Waals surface area (Å²) in [7, 11) is -3.38. The van der Waals surface area contributed by atoms with E-state index in [4.69, 9.17) is 11.6 Å². The van der Waals surface area contributed by atoms with Gasteiger partial charge in [0.05, 0.1) is 12.9 Å². The maximum Gasteiger partial charge on any atom is 0.264 e. The van der Waals surface area contributed by atoms with Gasteiger partial charge in [0.2, 0.25) is 5.28 Å². The minimum Gasteiger partial charge on any atom is -0.270 e. The lowest BCUT2D eigenvalue weighted by molar-refractivity contribution is 0.324. The Bertz CT molecular complexity index is 407. The molecule has 0 N–H and O–H groups in total. The number of halogens is 1. The summed E-state index contributed by atoms with van der Waals surface area (Å²) in [5.74, 6) is 0. The van der Waals surface area contributed by atoms with Gasteiger partial charge in [0.25, 0.3) is 10.1 Å². The lowest BCUT2D eigenvalue weighted by atomic mass is 10.3. The third-order valence-electron chi connectivity index (χ3n) is 1.34. The van der Waals surface area contributed by atoms with Gasteiger partial charge < -0.3 is 0 Å². The molecule has 0 aromatic carbocycles. The first kappa shape index (κ1) is 11.4. The maximum atomic E-state index is 10.6. The standard InChI is InChI=1S/C7H9ClN2O3S/c1-14(11,12)13-5-3-6-2-4-9-7(8)10-6/h2,4H,3,5H2,1H3. The Balaban J connectivity index is 2.47. The Labute approximate surface area is 87.2 Å².